The summed E-state index contributed by atoms with van der Waals surface area (Å²) in [6, 6.07) is 4.66. The average molecular weight is 389 g/mol. The van der Waals surface area contributed by atoms with Gasteiger partial charge >= 0.3 is 5.97 Å². The number of esters is 1. The summed E-state index contributed by atoms with van der Waals surface area (Å²) in [7, 11) is 1.44. The molecule has 0 saturated carbocycles. The maximum atomic E-state index is 12.0. The number of amides is 2. The predicted octanol–water partition coefficient (Wildman–Crippen LogP) is 2.11. The maximum Gasteiger partial charge on any atom is 0.335 e. The summed E-state index contributed by atoms with van der Waals surface area (Å²) < 4.78 is 10.1. The molecule has 1 aliphatic rings. The summed E-state index contributed by atoms with van der Waals surface area (Å²) in [5.41, 5.74) is 0.463. The third-order valence-corrected chi connectivity index (χ3v) is 4.28. The molecule has 2 rings (SSSR count). The fraction of sp³-hybridized carbons (Fsp3) is 0.438. The van der Waals surface area contributed by atoms with Crippen LogP contribution in [0.15, 0.2) is 18.2 Å². The Balaban J connectivity index is 1.76. The number of likely N-dealkylation sites (N-methyl/N-ethyl adjacent to an activating group) is 1. The van der Waals surface area contributed by atoms with Gasteiger partial charge in [-0.25, -0.2) is 4.79 Å². The molecule has 25 heavy (non-hydrogen) atoms. The van der Waals surface area contributed by atoms with Crippen LogP contribution in [0.2, 0.25) is 10.0 Å². The van der Waals surface area contributed by atoms with Crippen LogP contribution in [-0.2, 0) is 23.9 Å². The maximum absolute atomic E-state index is 12.0. The second-order valence-corrected chi connectivity index (χ2v) is 6.35. The quantitative estimate of drug-likeness (QED) is 0.754. The molecule has 1 aliphatic heterocycles. The lowest BCUT2D eigenvalue weighted by Gasteiger charge is -2.17. The third-order valence-electron chi connectivity index (χ3n) is 3.54. The van der Waals surface area contributed by atoms with E-state index in [1.165, 1.54) is 13.1 Å². The number of halogens is 2. The molecule has 1 N–H and O–H groups in total. The zero-order valence-corrected chi connectivity index (χ0v) is 15.1. The van der Waals surface area contributed by atoms with Crippen molar-refractivity contribution in [2.75, 3.05) is 32.1 Å². The van der Waals surface area contributed by atoms with Crippen molar-refractivity contribution < 1.29 is 23.9 Å². The Morgan fingerprint density at radius 3 is 2.72 bits per heavy atom. The summed E-state index contributed by atoms with van der Waals surface area (Å²) in [5.74, 6) is -1.46. The van der Waals surface area contributed by atoms with Gasteiger partial charge in [-0.3, -0.25) is 9.59 Å². The third kappa shape index (κ3) is 5.88. The van der Waals surface area contributed by atoms with Crippen molar-refractivity contribution in [3.8, 4) is 0 Å². The zero-order chi connectivity index (χ0) is 18.4. The van der Waals surface area contributed by atoms with Crippen LogP contribution in [0.1, 0.15) is 12.8 Å². The number of ether oxygens (including phenoxy) is 2. The average Bonchev–Trinajstić information content (AvgIpc) is 3.10. The molecule has 0 bridgehead atoms. The molecule has 0 spiro atoms. The minimum atomic E-state index is -0.601. The Kier molecular flexibility index (Phi) is 7.04. The number of carbonyl (C=O) groups excluding carboxylic acids is 3. The summed E-state index contributed by atoms with van der Waals surface area (Å²) in [4.78, 5) is 36.7. The topological polar surface area (TPSA) is 84.9 Å². The van der Waals surface area contributed by atoms with Gasteiger partial charge in [0.15, 0.2) is 12.7 Å². The highest BCUT2D eigenvalue weighted by molar-refractivity contribution is 6.42. The Morgan fingerprint density at radius 1 is 1.32 bits per heavy atom. The molecule has 2 amide bonds. The smallest absolute Gasteiger partial charge is 0.335 e. The number of hydrogen-bond donors (Lipinski definition) is 1. The van der Waals surface area contributed by atoms with Crippen LogP contribution >= 0.6 is 23.2 Å². The summed E-state index contributed by atoms with van der Waals surface area (Å²) in [5, 5.41) is 3.29. The van der Waals surface area contributed by atoms with Crippen molar-refractivity contribution in [2.45, 2.75) is 18.9 Å². The van der Waals surface area contributed by atoms with E-state index in [4.69, 9.17) is 32.7 Å². The fourth-order valence-electron chi connectivity index (χ4n) is 2.18. The Labute approximate surface area is 155 Å². The molecule has 0 aromatic heterocycles. The van der Waals surface area contributed by atoms with E-state index in [2.05, 4.69) is 5.32 Å². The van der Waals surface area contributed by atoms with Gasteiger partial charge in [0, 0.05) is 19.3 Å². The van der Waals surface area contributed by atoms with Crippen LogP contribution < -0.4 is 5.32 Å². The highest BCUT2D eigenvalue weighted by atomic mass is 35.5. The minimum absolute atomic E-state index is 0.198. The van der Waals surface area contributed by atoms with Gasteiger partial charge in [0.2, 0.25) is 5.91 Å². The second kappa shape index (κ2) is 9.03. The molecule has 7 nitrogen and oxygen atoms in total. The van der Waals surface area contributed by atoms with Gasteiger partial charge < -0.3 is 19.7 Å². The van der Waals surface area contributed by atoms with E-state index >= 15 is 0 Å². The first-order valence-electron chi connectivity index (χ1n) is 7.64. The first-order chi connectivity index (χ1) is 11.9. The number of benzene rings is 1. The van der Waals surface area contributed by atoms with E-state index in [0.717, 1.165) is 11.3 Å². The van der Waals surface area contributed by atoms with Crippen LogP contribution in [0.4, 0.5) is 5.69 Å². The summed E-state index contributed by atoms with van der Waals surface area (Å²) in [6.07, 6.45) is 0.785. The highest BCUT2D eigenvalue weighted by Crippen LogP contribution is 2.24. The molecule has 0 radical (unpaired) electrons. The van der Waals surface area contributed by atoms with Crippen LogP contribution in [0.3, 0.4) is 0 Å². The molecular formula is C16H18Cl2N2O5. The van der Waals surface area contributed by atoms with Crippen molar-refractivity contribution in [3.05, 3.63) is 28.2 Å². The van der Waals surface area contributed by atoms with Crippen molar-refractivity contribution in [2.24, 2.45) is 0 Å². The number of rotatable bonds is 6. The molecule has 1 fully saturated rings. The van der Waals surface area contributed by atoms with Crippen LogP contribution in [0.5, 0.6) is 0 Å². The first-order valence-corrected chi connectivity index (χ1v) is 8.39. The fourth-order valence-corrected chi connectivity index (χ4v) is 2.48. The van der Waals surface area contributed by atoms with E-state index < -0.39 is 30.5 Å². The Hall–Kier alpha value is -1.83. The summed E-state index contributed by atoms with van der Waals surface area (Å²) >= 11 is 11.7. The number of hydrogen-bond acceptors (Lipinski definition) is 5. The van der Waals surface area contributed by atoms with E-state index in [0.29, 0.717) is 28.8 Å². The van der Waals surface area contributed by atoms with Crippen molar-refractivity contribution >= 4 is 46.7 Å². The van der Waals surface area contributed by atoms with Crippen LogP contribution in [0, 0.1) is 0 Å². The van der Waals surface area contributed by atoms with Crippen molar-refractivity contribution in [1.82, 2.24) is 4.90 Å². The van der Waals surface area contributed by atoms with Gasteiger partial charge in [0.05, 0.1) is 16.6 Å². The van der Waals surface area contributed by atoms with E-state index in [-0.39, 0.29) is 6.54 Å². The van der Waals surface area contributed by atoms with Gasteiger partial charge in [-0.2, -0.15) is 0 Å². The molecule has 1 aromatic rings. The molecule has 1 atom stereocenters. The normalized spacial score (nSPS) is 16.4. The predicted molar refractivity (Wildman–Crippen MR) is 92.7 cm³/mol. The molecule has 1 heterocycles. The van der Waals surface area contributed by atoms with E-state index in [1.54, 1.807) is 12.1 Å². The lowest BCUT2D eigenvalue weighted by molar-refractivity contribution is -0.159. The van der Waals surface area contributed by atoms with E-state index in [9.17, 15) is 14.4 Å². The minimum Gasteiger partial charge on any atom is -0.454 e. The lowest BCUT2D eigenvalue weighted by Crippen LogP contribution is -2.38. The van der Waals surface area contributed by atoms with Gasteiger partial charge in [0.1, 0.15) is 0 Å². The Bertz CT molecular complexity index is 662. The van der Waals surface area contributed by atoms with Crippen LogP contribution in [-0.4, -0.2) is 55.6 Å². The van der Waals surface area contributed by atoms with Gasteiger partial charge in [-0.05, 0) is 31.0 Å². The first kappa shape index (κ1) is 19.5. The summed E-state index contributed by atoms with van der Waals surface area (Å²) in [6.45, 7) is -0.117. The largest absolute Gasteiger partial charge is 0.454 e. The lowest BCUT2D eigenvalue weighted by atomic mass is 10.2. The molecule has 0 aliphatic carbocycles. The highest BCUT2D eigenvalue weighted by Gasteiger charge is 2.26. The van der Waals surface area contributed by atoms with Gasteiger partial charge in [-0.15, -0.1) is 0 Å². The molecule has 136 valence electrons. The SMILES string of the molecule is CN(CC(=O)Nc1ccc(Cl)c(Cl)c1)C(=O)COC(=O)[C@H]1CCCO1. The molecule has 1 aromatic carbocycles. The van der Waals surface area contributed by atoms with Gasteiger partial charge in [0.25, 0.3) is 5.91 Å². The van der Waals surface area contributed by atoms with Crippen LogP contribution in [0.25, 0.3) is 0 Å². The van der Waals surface area contributed by atoms with Crippen molar-refractivity contribution in [1.29, 1.82) is 0 Å². The monoisotopic (exact) mass is 388 g/mol. The number of anilines is 1. The Morgan fingerprint density at radius 2 is 2.08 bits per heavy atom. The molecule has 1 saturated heterocycles. The second-order valence-electron chi connectivity index (χ2n) is 5.54. The van der Waals surface area contributed by atoms with E-state index in [1.807, 2.05) is 0 Å². The molecule has 9 heteroatoms. The standard InChI is InChI=1S/C16H18Cl2N2O5/c1-20(15(22)9-25-16(23)13-3-2-6-24-13)8-14(21)19-10-4-5-11(17)12(18)7-10/h4-5,7,13H,2-3,6,8-9H2,1H3,(H,19,21)/t13-/m1/s1. The number of nitrogens with one attached hydrogen (secondary N) is 1. The number of nitrogens with zero attached hydrogens (tertiary/aromatic N) is 1. The number of carbonyl (C=O) groups is 3. The van der Waals surface area contributed by atoms with Crippen molar-refractivity contribution in [3.63, 3.8) is 0 Å². The molecule has 0 unspecified atom stereocenters. The van der Waals surface area contributed by atoms with Gasteiger partial charge in [-0.1, -0.05) is 23.2 Å². The zero-order valence-electron chi connectivity index (χ0n) is 13.6. The molecular weight excluding hydrogens is 371 g/mol.